The van der Waals surface area contributed by atoms with Crippen molar-refractivity contribution in [2.24, 2.45) is 5.73 Å². The van der Waals surface area contributed by atoms with Gasteiger partial charge in [0.15, 0.2) is 0 Å². The molecule has 0 saturated carbocycles. The number of alkyl halides is 3. The van der Waals surface area contributed by atoms with Gasteiger partial charge in [-0.25, -0.2) is 9.78 Å². The summed E-state index contributed by atoms with van der Waals surface area (Å²) in [6.07, 6.45) is -1.25. The van der Waals surface area contributed by atoms with E-state index in [1.165, 1.54) is 31.2 Å². The third-order valence-electron chi connectivity index (χ3n) is 7.43. The largest absolute Gasteiger partial charge is 0.490 e. The minimum absolute atomic E-state index is 0.0392. The molecule has 1 atom stereocenters. The highest BCUT2D eigenvalue weighted by Crippen LogP contribution is 2.37. The molecule has 238 valence electrons. The number of benzene rings is 2. The average molecular weight is 625 g/mol. The van der Waals surface area contributed by atoms with Crippen LogP contribution in [0.3, 0.4) is 0 Å². The van der Waals surface area contributed by atoms with E-state index >= 15 is 0 Å². The second kappa shape index (κ2) is 12.3. The molecule has 4 aromatic rings. The SMILES string of the molecule is C[C@@H](Oc1cc(-c2cnc3cc(OC4CCN(C(=O)OC(C)(C)C)CC4)ccn23)ccc1C(N)=O)c1ccccc1C(F)(F)F. The maximum absolute atomic E-state index is 13.6. The molecule has 0 spiro atoms. The summed E-state index contributed by atoms with van der Waals surface area (Å²) in [6, 6.07) is 13.5. The van der Waals surface area contributed by atoms with Crippen LogP contribution in [-0.4, -0.2) is 51.1 Å². The lowest BCUT2D eigenvalue weighted by Gasteiger charge is -2.33. The molecule has 3 heterocycles. The van der Waals surface area contributed by atoms with E-state index in [2.05, 4.69) is 4.98 Å². The maximum atomic E-state index is 13.6. The molecule has 12 heteroatoms. The number of aromatic nitrogens is 2. The number of fused-ring (bicyclic) bond motifs is 1. The van der Waals surface area contributed by atoms with Gasteiger partial charge in [-0.3, -0.25) is 9.20 Å². The molecule has 2 N–H and O–H groups in total. The van der Waals surface area contributed by atoms with Gasteiger partial charge in [0.1, 0.15) is 35.0 Å². The topological polar surface area (TPSA) is 108 Å². The number of piperidine rings is 1. The van der Waals surface area contributed by atoms with E-state index in [9.17, 15) is 22.8 Å². The van der Waals surface area contributed by atoms with Crippen LogP contribution < -0.4 is 15.2 Å². The monoisotopic (exact) mass is 624 g/mol. The van der Waals surface area contributed by atoms with Crippen LogP contribution in [0.5, 0.6) is 11.5 Å². The first-order valence-corrected chi connectivity index (χ1v) is 14.6. The van der Waals surface area contributed by atoms with E-state index < -0.39 is 29.4 Å². The molecular formula is C33H35F3N4O5. The van der Waals surface area contributed by atoms with Gasteiger partial charge in [-0.15, -0.1) is 0 Å². The Morgan fingerprint density at radius 2 is 1.73 bits per heavy atom. The van der Waals surface area contributed by atoms with Gasteiger partial charge < -0.3 is 24.8 Å². The zero-order chi connectivity index (χ0) is 32.5. The lowest BCUT2D eigenvalue weighted by Crippen LogP contribution is -2.44. The lowest BCUT2D eigenvalue weighted by molar-refractivity contribution is -0.139. The van der Waals surface area contributed by atoms with Crippen LogP contribution in [0.25, 0.3) is 16.9 Å². The minimum atomic E-state index is -4.57. The van der Waals surface area contributed by atoms with Crippen molar-refractivity contribution >= 4 is 17.6 Å². The van der Waals surface area contributed by atoms with Gasteiger partial charge >= 0.3 is 12.3 Å². The molecule has 1 aliphatic rings. The van der Waals surface area contributed by atoms with E-state index in [4.69, 9.17) is 19.9 Å². The Bertz CT molecular complexity index is 1700. The van der Waals surface area contributed by atoms with Crippen LogP contribution in [0.2, 0.25) is 0 Å². The second-order valence-electron chi connectivity index (χ2n) is 11.9. The molecule has 0 radical (unpaired) electrons. The number of amides is 2. The fraction of sp³-hybridized carbons (Fsp3) is 0.364. The molecule has 0 unspecified atom stereocenters. The molecule has 1 saturated heterocycles. The zero-order valence-electron chi connectivity index (χ0n) is 25.4. The van der Waals surface area contributed by atoms with Crippen LogP contribution in [-0.2, 0) is 10.9 Å². The highest BCUT2D eigenvalue weighted by atomic mass is 19.4. The number of carbonyl (C=O) groups excluding carboxylic acids is 2. The Kier molecular flexibility index (Phi) is 8.68. The fourth-order valence-electron chi connectivity index (χ4n) is 5.27. The quantitative estimate of drug-likeness (QED) is 0.236. The van der Waals surface area contributed by atoms with Crippen molar-refractivity contribution in [3.63, 3.8) is 0 Å². The standard InChI is InChI=1S/C33H35F3N4O5/c1-20(24-7-5-6-8-26(24)33(34,35)36)43-28-17-21(9-10-25(28)30(37)41)27-19-38-29-18-23(13-16-40(27)29)44-22-11-14-39(15-12-22)31(42)45-32(2,3)4/h5-10,13,16-20,22H,11-12,14-15H2,1-4H3,(H2,37,41)/t20-/m1/s1. The average Bonchev–Trinajstić information content (AvgIpc) is 3.39. The predicted octanol–water partition coefficient (Wildman–Crippen LogP) is 7.04. The molecule has 0 bridgehead atoms. The second-order valence-corrected chi connectivity index (χ2v) is 11.9. The first kappa shape index (κ1) is 31.7. The van der Waals surface area contributed by atoms with E-state index in [0.717, 1.165) is 6.07 Å². The van der Waals surface area contributed by atoms with E-state index in [1.54, 1.807) is 35.5 Å². The van der Waals surface area contributed by atoms with Crippen molar-refractivity contribution in [1.82, 2.24) is 14.3 Å². The maximum Gasteiger partial charge on any atom is 0.416 e. The Labute approximate surface area is 258 Å². The van der Waals surface area contributed by atoms with Gasteiger partial charge in [0.2, 0.25) is 0 Å². The molecule has 2 aromatic heterocycles. The van der Waals surface area contributed by atoms with E-state index in [0.29, 0.717) is 48.6 Å². The first-order chi connectivity index (χ1) is 21.2. The van der Waals surface area contributed by atoms with Gasteiger partial charge in [-0.1, -0.05) is 24.3 Å². The highest BCUT2D eigenvalue weighted by molar-refractivity contribution is 5.96. The minimum Gasteiger partial charge on any atom is -0.490 e. The van der Waals surface area contributed by atoms with Gasteiger partial charge in [-0.05, 0) is 52.0 Å². The Morgan fingerprint density at radius 1 is 1.02 bits per heavy atom. The van der Waals surface area contributed by atoms with Crippen LogP contribution in [0.4, 0.5) is 18.0 Å². The smallest absolute Gasteiger partial charge is 0.416 e. The normalized spacial score (nSPS) is 15.1. The molecule has 9 nitrogen and oxygen atoms in total. The first-order valence-electron chi connectivity index (χ1n) is 14.6. The van der Waals surface area contributed by atoms with Crippen LogP contribution in [0.1, 0.15) is 68.1 Å². The molecule has 2 amide bonds. The number of pyridine rings is 1. The number of hydrogen-bond donors (Lipinski definition) is 1. The van der Waals surface area contributed by atoms with Crippen LogP contribution in [0.15, 0.2) is 67.0 Å². The number of imidazole rings is 1. The Morgan fingerprint density at radius 3 is 2.40 bits per heavy atom. The van der Waals surface area contributed by atoms with Crippen LogP contribution >= 0.6 is 0 Å². The molecule has 1 fully saturated rings. The summed E-state index contributed by atoms with van der Waals surface area (Å²) >= 11 is 0. The van der Waals surface area contributed by atoms with Crippen molar-refractivity contribution in [3.05, 3.63) is 83.7 Å². The number of primary amides is 1. The molecule has 0 aliphatic carbocycles. The number of hydrogen-bond acceptors (Lipinski definition) is 6. The van der Waals surface area contributed by atoms with Crippen molar-refractivity contribution < 1.29 is 37.0 Å². The Balaban J connectivity index is 1.33. The van der Waals surface area contributed by atoms with Crippen LogP contribution in [0, 0.1) is 0 Å². The van der Waals surface area contributed by atoms with Gasteiger partial charge in [0, 0.05) is 49.3 Å². The van der Waals surface area contributed by atoms with E-state index in [1.807, 2.05) is 31.2 Å². The molecule has 45 heavy (non-hydrogen) atoms. The predicted molar refractivity (Wildman–Crippen MR) is 161 cm³/mol. The number of halogens is 3. The number of rotatable bonds is 7. The highest BCUT2D eigenvalue weighted by Gasteiger charge is 2.35. The summed E-state index contributed by atoms with van der Waals surface area (Å²) in [4.78, 5) is 30.7. The fourth-order valence-corrected chi connectivity index (χ4v) is 5.27. The van der Waals surface area contributed by atoms with Gasteiger partial charge in [0.25, 0.3) is 5.91 Å². The number of nitrogens with two attached hydrogens (primary N) is 1. The van der Waals surface area contributed by atoms with Crippen molar-refractivity contribution in [2.45, 2.75) is 64.5 Å². The summed E-state index contributed by atoms with van der Waals surface area (Å²) < 4.78 is 60.4. The van der Waals surface area contributed by atoms with Gasteiger partial charge in [0.05, 0.1) is 23.0 Å². The number of carbonyl (C=O) groups is 2. The lowest BCUT2D eigenvalue weighted by atomic mass is 10.0. The molecule has 5 rings (SSSR count). The third kappa shape index (κ3) is 7.33. The van der Waals surface area contributed by atoms with Crippen molar-refractivity contribution in [2.75, 3.05) is 13.1 Å². The van der Waals surface area contributed by atoms with Crippen molar-refractivity contribution in [3.8, 4) is 22.8 Å². The number of ether oxygens (including phenoxy) is 3. The molecule has 1 aliphatic heterocycles. The molecule has 2 aromatic carbocycles. The number of nitrogens with zero attached hydrogens (tertiary/aromatic N) is 3. The summed E-state index contributed by atoms with van der Waals surface area (Å²) in [5, 5.41) is 0. The van der Waals surface area contributed by atoms with Gasteiger partial charge in [-0.2, -0.15) is 13.2 Å². The number of likely N-dealkylation sites (tertiary alicyclic amines) is 1. The summed E-state index contributed by atoms with van der Waals surface area (Å²) in [5.41, 5.74) is 6.05. The zero-order valence-corrected chi connectivity index (χ0v) is 25.4. The Hall–Kier alpha value is -4.74. The summed E-state index contributed by atoms with van der Waals surface area (Å²) in [7, 11) is 0. The third-order valence-corrected chi connectivity index (χ3v) is 7.43. The summed E-state index contributed by atoms with van der Waals surface area (Å²) in [5.74, 6) is -0.0950. The van der Waals surface area contributed by atoms with E-state index in [-0.39, 0.29) is 29.1 Å². The summed E-state index contributed by atoms with van der Waals surface area (Å²) in [6.45, 7) is 8.05. The molecular weight excluding hydrogens is 589 g/mol. The van der Waals surface area contributed by atoms with Crippen molar-refractivity contribution in [1.29, 1.82) is 0 Å².